The normalized spacial score (nSPS) is 17.4. The van der Waals surface area contributed by atoms with Gasteiger partial charge in [0.05, 0.1) is 0 Å². The van der Waals surface area contributed by atoms with Gasteiger partial charge in [-0.2, -0.15) is 11.8 Å². The van der Waals surface area contributed by atoms with Gasteiger partial charge < -0.3 is 10.6 Å². The lowest BCUT2D eigenvalue weighted by molar-refractivity contribution is 0.379. The minimum atomic E-state index is 0.377. The topological polar surface area (TPSA) is 49.8 Å². The number of nitrogens with zero attached hydrogens (tertiary/aromatic N) is 2. The minimum Gasteiger partial charge on any atom is -0.383 e. The summed E-state index contributed by atoms with van der Waals surface area (Å²) in [6.45, 7) is 0.927. The predicted molar refractivity (Wildman–Crippen MR) is 75.2 cm³/mol. The van der Waals surface area contributed by atoms with Crippen LogP contribution in [0.25, 0.3) is 0 Å². The second-order valence-electron chi connectivity index (χ2n) is 4.23. The van der Waals surface area contributed by atoms with Crippen molar-refractivity contribution in [1.29, 1.82) is 0 Å². The van der Waals surface area contributed by atoms with Gasteiger partial charge in [-0.3, -0.25) is 0 Å². The van der Waals surface area contributed by atoms with Crippen LogP contribution < -0.4 is 10.6 Å². The third-order valence-corrected chi connectivity index (χ3v) is 5.03. The van der Waals surface area contributed by atoms with Gasteiger partial charge in [0.25, 0.3) is 0 Å². The van der Waals surface area contributed by atoms with Crippen molar-refractivity contribution < 1.29 is 0 Å². The van der Waals surface area contributed by atoms with E-state index in [0.29, 0.717) is 9.90 Å². The van der Waals surface area contributed by atoms with Crippen molar-refractivity contribution in [1.82, 2.24) is 9.97 Å². The largest absolute Gasteiger partial charge is 0.383 e. The number of anilines is 2. The summed E-state index contributed by atoms with van der Waals surface area (Å²) in [5.41, 5.74) is 0.768. The van der Waals surface area contributed by atoms with Crippen molar-refractivity contribution in [2.75, 3.05) is 30.5 Å². The van der Waals surface area contributed by atoms with Crippen LogP contribution in [0.4, 0.5) is 11.5 Å². The Balaban J connectivity index is 2.06. The third-order valence-electron chi connectivity index (χ3n) is 3.33. The predicted octanol–water partition coefficient (Wildman–Crippen LogP) is 2.87. The van der Waals surface area contributed by atoms with Crippen molar-refractivity contribution in [3.8, 4) is 0 Å². The van der Waals surface area contributed by atoms with Crippen LogP contribution in [0, 0.1) is 0 Å². The molecule has 1 aliphatic rings. The molecule has 1 saturated carbocycles. The van der Waals surface area contributed by atoms with Crippen molar-refractivity contribution in [3.05, 3.63) is 11.5 Å². The molecule has 94 valence electrons. The van der Waals surface area contributed by atoms with Crippen LogP contribution in [0.5, 0.6) is 0 Å². The molecule has 0 aliphatic heterocycles. The molecule has 4 nitrogen and oxygen atoms in total. The van der Waals surface area contributed by atoms with Crippen molar-refractivity contribution in [3.63, 3.8) is 0 Å². The van der Waals surface area contributed by atoms with E-state index in [2.05, 4.69) is 26.9 Å². The zero-order valence-corrected chi connectivity index (χ0v) is 11.7. The van der Waals surface area contributed by atoms with E-state index >= 15 is 0 Å². The average molecular weight is 273 g/mol. The summed E-state index contributed by atoms with van der Waals surface area (Å²) in [5, 5.41) is 6.86. The summed E-state index contributed by atoms with van der Waals surface area (Å²) in [7, 11) is 1.82. The molecule has 1 aromatic heterocycles. The molecule has 1 aliphatic carbocycles. The van der Waals surface area contributed by atoms with Gasteiger partial charge in [0, 0.05) is 18.3 Å². The quantitative estimate of drug-likeness (QED) is 0.808. The number of thioether (sulfide) groups is 1. The van der Waals surface area contributed by atoms with E-state index in [0.717, 1.165) is 18.1 Å². The lowest BCUT2D eigenvalue weighted by Crippen LogP contribution is -2.40. The molecule has 0 unspecified atom stereocenters. The van der Waals surface area contributed by atoms with E-state index in [4.69, 9.17) is 11.6 Å². The first-order chi connectivity index (χ1) is 8.21. The summed E-state index contributed by atoms with van der Waals surface area (Å²) < 4.78 is 0.377. The molecule has 0 atom stereocenters. The monoisotopic (exact) mass is 272 g/mol. The molecule has 0 saturated heterocycles. The Bertz CT molecular complexity index is 390. The van der Waals surface area contributed by atoms with Crippen LogP contribution >= 0.6 is 23.4 Å². The highest BCUT2D eigenvalue weighted by Gasteiger charge is 2.36. The second-order valence-corrected chi connectivity index (χ2v) is 5.86. The molecule has 6 heteroatoms. The Morgan fingerprint density at radius 2 is 2.24 bits per heavy atom. The molecule has 2 N–H and O–H groups in total. The Morgan fingerprint density at radius 1 is 1.47 bits per heavy atom. The van der Waals surface area contributed by atoms with Gasteiger partial charge in [0.2, 0.25) is 0 Å². The number of hydrogen-bond donors (Lipinski definition) is 2. The molecular formula is C11H17ClN4S. The average Bonchev–Trinajstić information content (AvgIpc) is 2.28. The smallest absolute Gasteiger partial charge is 0.157 e. The van der Waals surface area contributed by atoms with E-state index in [1.807, 2.05) is 18.8 Å². The maximum absolute atomic E-state index is 6.00. The molecule has 17 heavy (non-hydrogen) atoms. The molecule has 1 fully saturated rings. The van der Waals surface area contributed by atoms with Crippen LogP contribution in [0.3, 0.4) is 0 Å². The molecule has 1 heterocycles. The van der Waals surface area contributed by atoms with Gasteiger partial charge in [-0.1, -0.05) is 18.0 Å². The SMILES string of the molecule is CNc1c(Cl)ncnc1NCC1(SC)CCC1. The lowest BCUT2D eigenvalue weighted by atomic mass is 9.84. The van der Waals surface area contributed by atoms with Crippen LogP contribution in [0.1, 0.15) is 19.3 Å². The Morgan fingerprint density at radius 3 is 2.76 bits per heavy atom. The summed E-state index contributed by atoms with van der Waals surface area (Å²) in [6, 6.07) is 0. The van der Waals surface area contributed by atoms with E-state index in [1.165, 1.54) is 25.6 Å². The highest BCUT2D eigenvalue weighted by molar-refractivity contribution is 8.00. The van der Waals surface area contributed by atoms with Crippen molar-refractivity contribution in [2.45, 2.75) is 24.0 Å². The molecule has 0 radical (unpaired) electrons. The number of halogens is 1. The fourth-order valence-electron chi connectivity index (χ4n) is 1.99. The fraction of sp³-hybridized carbons (Fsp3) is 0.636. The molecule has 0 bridgehead atoms. The Labute approximate surface area is 111 Å². The molecule has 0 spiro atoms. The first kappa shape index (κ1) is 12.8. The van der Waals surface area contributed by atoms with E-state index in [-0.39, 0.29) is 0 Å². The Kier molecular flexibility index (Phi) is 3.99. The number of nitrogens with one attached hydrogen (secondary N) is 2. The first-order valence-electron chi connectivity index (χ1n) is 5.68. The van der Waals surface area contributed by atoms with Crippen LogP contribution in [-0.2, 0) is 0 Å². The van der Waals surface area contributed by atoms with Gasteiger partial charge in [-0.05, 0) is 19.1 Å². The lowest BCUT2D eigenvalue weighted by Gasteiger charge is -2.40. The second kappa shape index (κ2) is 5.31. The van der Waals surface area contributed by atoms with Gasteiger partial charge in [0.15, 0.2) is 11.0 Å². The van der Waals surface area contributed by atoms with Gasteiger partial charge in [-0.15, -0.1) is 0 Å². The van der Waals surface area contributed by atoms with Crippen molar-refractivity contribution in [2.24, 2.45) is 0 Å². The van der Waals surface area contributed by atoms with Crippen molar-refractivity contribution >= 4 is 34.9 Å². The van der Waals surface area contributed by atoms with E-state index < -0.39 is 0 Å². The molecule has 0 aromatic carbocycles. The van der Waals surface area contributed by atoms with Crippen LogP contribution in [0.15, 0.2) is 6.33 Å². The summed E-state index contributed by atoms with van der Waals surface area (Å²) in [4.78, 5) is 8.18. The van der Waals surface area contributed by atoms with Gasteiger partial charge in [-0.25, -0.2) is 9.97 Å². The van der Waals surface area contributed by atoms with E-state index in [9.17, 15) is 0 Å². The molecular weight excluding hydrogens is 256 g/mol. The van der Waals surface area contributed by atoms with Crippen LogP contribution in [-0.4, -0.2) is 34.6 Å². The molecule has 1 aromatic rings. The number of aromatic nitrogens is 2. The van der Waals surface area contributed by atoms with Gasteiger partial charge in [0.1, 0.15) is 12.0 Å². The maximum atomic E-state index is 6.00. The van der Waals surface area contributed by atoms with Gasteiger partial charge >= 0.3 is 0 Å². The maximum Gasteiger partial charge on any atom is 0.157 e. The minimum absolute atomic E-state index is 0.377. The molecule has 2 rings (SSSR count). The number of rotatable bonds is 5. The van der Waals surface area contributed by atoms with Crippen LogP contribution in [0.2, 0.25) is 5.15 Å². The highest BCUT2D eigenvalue weighted by Crippen LogP contribution is 2.43. The zero-order chi connectivity index (χ0) is 12.3. The summed E-state index contributed by atoms with van der Waals surface area (Å²) in [5.74, 6) is 0.785. The zero-order valence-electron chi connectivity index (χ0n) is 10.1. The standard InChI is InChI=1S/C11H17ClN4S/c1-13-8-9(12)15-7-16-10(8)14-6-11(17-2)4-3-5-11/h7,13H,3-6H2,1-2H3,(H,14,15,16). The number of hydrogen-bond acceptors (Lipinski definition) is 5. The fourth-order valence-corrected chi connectivity index (χ4v) is 3.13. The van der Waals surface area contributed by atoms with E-state index in [1.54, 1.807) is 0 Å². The highest BCUT2D eigenvalue weighted by atomic mass is 35.5. The first-order valence-corrected chi connectivity index (χ1v) is 7.28. The summed E-state index contributed by atoms with van der Waals surface area (Å²) in [6.07, 6.45) is 7.53. The molecule has 0 amide bonds. The third kappa shape index (κ3) is 2.60. The summed E-state index contributed by atoms with van der Waals surface area (Å²) >= 11 is 7.94. The Hall–Kier alpha value is -0.680.